The van der Waals surface area contributed by atoms with Gasteiger partial charge in [0.15, 0.2) is 0 Å². The summed E-state index contributed by atoms with van der Waals surface area (Å²) in [6.07, 6.45) is 0.789. The summed E-state index contributed by atoms with van der Waals surface area (Å²) in [6, 6.07) is 10.4. The molecule has 2 aromatic rings. The Morgan fingerprint density at radius 1 is 1.12 bits per heavy atom. The second kappa shape index (κ2) is 8.21. The highest BCUT2D eigenvalue weighted by Gasteiger charge is 2.12. The Bertz CT molecular complexity index is 732. The fourth-order valence-corrected chi connectivity index (χ4v) is 2.04. The monoisotopic (exact) mass is 348 g/mol. The Morgan fingerprint density at radius 2 is 1.83 bits per heavy atom. The molecule has 3 N–H and O–H groups in total. The number of carbonyl (C=O) groups excluding carboxylic acids is 1. The predicted molar refractivity (Wildman–Crippen MR) is 93.3 cm³/mol. The lowest BCUT2D eigenvalue weighted by Gasteiger charge is -2.13. The molecule has 0 unspecified atom stereocenters. The standard InChI is InChI=1S/C17H17ClN2O4/c1-2-9-24-15-8-3-11(16(21)22)10-14(15)20-17(23)19-13-6-4-12(18)5-7-13/h3-8,10H,2,9H2,1H3,(H,21,22)(H2,19,20,23). The molecular formula is C17H17ClN2O4. The van der Waals surface area contributed by atoms with E-state index in [0.29, 0.717) is 23.1 Å². The molecule has 2 amide bonds. The number of halogens is 1. The maximum atomic E-state index is 12.1. The summed E-state index contributed by atoms with van der Waals surface area (Å²) in [5.41, 5.74) is 0.901. The first-order valence-corrected chi connectivity index (χ1v) is 7.71. The number of carboxylic acids is 1. The normalized spacial score (nSPS) is 10.1. The van der Waals surface area contributed by atoms with E-state index in [2.05, 4.69) is 10.6 Å². The highest BCUT2D eigenvalue weighted by molar-refractivity contribution is 6.30. The van der Waals surface area contributed by atoms with Crippen molar-refractivity contribution in [2.45, 2.75) is 13.3 Å². The number of amides is 2. The minimum absolute atomic E-state index is 0.0561. The highest BCUT2D eigenvalue weighted by atomic mass is 35.5. The molecule has 0 radical (unpaired) electrons. The number of carboxylic acid groups (broad SMARTS) is 1. The molecule has 0 aliphatic rings. The molecule has 126 valence electrons. The van der Waals surface area contributed by atoms with E-state index < -0.39 is 12.0 Å². The number of urea groups is 1. The van der Waals surface area contributed by atoms with Crippen LogP contribution in [0.2, 0.25) is 5.02 Å². The first-order chi connectivity index (χ1) is 11.5. The van der Waals surface area contributed by atoms with E-state index in [1.807, 2.05) is 6.92 Å². The molecule has 2 aromatic carbocycles. The van der Waals surface area contributed by atoms with Crippen molar-refractivity contribution in [3.8, 4) is 5.75 Å². The van der Waals surface area contributed by atoms with Gasteiger partial charge in [-0.15, -0.1) is 0 Å². The lowest BCUT2D eigenvalue weighted by molar-refractivity contribution is 0.0697. The van der Waals surface area contributed by atoms with Crippen LogP contribution in [0.4, 0.5) is 16.2 Å². The third-order valence-electron chi connectivity index (χ3n) is 3.04. The molecule has 0 heterocycles. The van der Waals surface area contributed by atoms with Crippen LogP contribution >= 0.6 is 11.6 Å². The van der Waals surface area contributed by atoms with Crippen molar-refractivity contribution in [2.24, 2.45) is 0 Å². The molecule has 0 fully saturated rings. The van der Waals surface area contributed by atoms with Gasteiger partial charge in [0.25, 0.3) is 0 Å². The van der Waals surface area contributed by atoms with Gasteiger partial charge in [-0.05, 0) is 48.9 Å². The minimum Gasteiger partial charge on any atom is -0.491 e. The van der Waals surface area contributed by atoms with E-state index >= 15 is 0 Å². The average molecular weight is 349 g/mol. The summed E-state index contributed by atoms with van der Waals surface area (Å²) in [6.45, 7) is 2.41. The summed E-state index contributed by atoms with van der Waals surface area (Å²) in [4.78, 5) is 23.2. The largest absolute Gasteiger partial charge is 0.491 e. The van der Waals surface area contributed by atoms with Gasteiger partial charge in [-0.1, -0.05) is 18.5 Å². The second-order valence-corrected chi connectivity index (χ2v) is 5.39. The zero-order chi connectivity index (χ0) is 17.5. The van der Waals surface area contributed by atoms with E-state index in [9.17, 15) is 9.59 Å². The number of hydrogen-bond donors (Lipinski definition) is 3. The maximum Gasteiger partial charge on any atom is 0.335 e. The lowest BCUT2D eigenvalue weighted by atomic mass is 10.2. The molecule has 0 saturated carbocycles. The number of ether oxygens (including phenoxy) is 1. The van der Waals surface area contributed by atoms with Gasteiger partial charge < -0.3 is 20.5 Å². The van der Waals surface area contributed by atoms with Gasteiger partial charge in [0.1, 0.15) is 5.75 Å². The molecule has 0 atom stereocenters. The van der Waals surface area contributed by atoms with Crippen molar-refractivity contribution in [2.75, 3.05) is 17.2 Å². The number of nitrogens with one attached hydrogen (secondary N) is 2. The van der Waals surface area contributed by atoms with Crippen LogP contribution in [0.3, 0.4) is 0 Å². The fraction of sp³-hybridized carbons (Fsp3) is 0.176. The minimum atomic E-state index is -1.08. The van der Waals surface area contributed by atoms with E-state index in [0.717, 1.165) is 6.42 Å². The van der Waals surface area contributed by atoms with Gasteiger partial charge in [0.05, 0.1) is 17.9 Å². The van der Waals surface area contributed by atoms with Crippen LogP contribution in [0.5, 0.6) is 5.75 Å². The zero-order valence-corrected chi connectivity index (χ0v) is 13.8. The van der Waals surface area contributed by atoms with Crippen LogP contribution in [-0.2, 0) is 0 Å². The van der Waals surface area contributed by atoms with Gasteiger partial charge in [0.2, 0.25) is 0 Å². The molecule has 0 bridgehead atoms. The fourth-order valence-electron chi connectivity index (χ4n) is 1.92. The van der Waals surface area contributed by atoms with Crippen molar-refractivity contribution in [1.29, 1.82) is 0 Å². The molecule has 0 aromatic heterocycles. The van der Waals surface area contributed by atoms with E-state index in [1.165, 1.54) is 18.2 Å². The SMILES string of the molecule is CCCOc1ccc(C(=O)O)cc1NC(=O)Nc1ccc(Cl)cc1. The molecule has 0 aliphatic carbocycles. The Hall–Kier alpha value is -2.73. The Balaban J connectivity index is 2.15. The quantitative estimate of drug-likeness (QED) is 0.718. The van der Waals surface area contributed by atoms with Gasteiger partial charge >= 0.3 is 12.0 Å². The average Bonchev–Trinajstić information content (AvgIpc) is 2.55. The molecule has 0 aliphatic heterocycles. The first kappa shape index (κ1) is 17.6. The predicted octanol–water partition coefficient (Wildman–Crippen LogP) is 4.47. The molecule has 7 heteroatoms. The Kier molecular flexibility index (Phi) is 6.03. The number of hydrogen-bond acceptors (Lipinski definition) is 3. The van der Waals surface area contributed by atoms with Crippen LogP contribution in [0.1, 0.15) is 23.7 Å². The van der Waals surface area contributed by atoms with Crippen LogP contribution in [-0.4, -0.2) is 23.7 Å². The third-order valence-corrected chi connectivity index (χ3v) is 3.29. The van der Waals surface area contributed by atoms with E-state index in [4.69, 9.17) is 21.4 Å². The number of rotatable bonds is 6. The summed E-state index contributed by atoms with van der Waals surface area (Å²) in [5.74, 6) is -0.675. The van der Waals surface area contributed by atoms with Crippen molar-refractivity contribution in [1.82, 2.24) is 0 Å². The molecule has 6 nitrogen and oxygen atoms in total. The van der Waals surface area contributed by atoms with Crippen LogP contribution in [0.25, 0.3) is 0 Å². The number of carbonyl (C=O) groups is 2. The number of aromatic carboxylic acids is 1. The summed E-state index contributed by atoms with van der Waals surface area (Å²) >= 11 is 5.79. The molecule has 0 spiro atoms. The van der Waals surface area contributed by atoms with Gasteiger partial charge in [-0.3, -0.25) is 0 Å². The van der Waals surface area contributed by atoms with Crippen molar-refractivity contribution in [3.63, 3.8) is 0 Å². The summed E-state index contributed by atoms with van der Waals surface area (Å²) < 4.78 is 5.53. The third kappa shape index (κ3) is 4.89. The van der Waals surface area contributed by atoms with Gasteiger partial charge in [-0.25, -0.2) is 9.59 Å². The molecule has 24 heavy (non-hydrogen) atoms. The van der Waals surface area contributed by atoms with Gasteiger partial charge in [-0.2, -0.15) is 0 Å². The molecule has 0 saturated heterocycles. The number of anilines is 2. The van der Waals surface area contributed by atoms with Gasteiger partial charge in [0, 0.05) is 10.7 Å². The van der Waals surface area contributed by atoms with Crippen molar-refractivity contribution in [3.05, 3.63) is 53.1 Å². The summed E-state index contributed by atoms with van der Waals surface area (Å²) in [5, 5.41) is 14.9. The maximum absolute atomic E-state index is 12.1. The topological polar surface area (TPSA) is 87.7 Å². The van der Waals surface area contributed by atoms with E-state index in [-0.39, 0.29) is 11.3 Å². The first-order valence-electron chi connectivity index (χ1n) is 7.33. The van der Waals surface area contributed by atoms with Crippen LogP contribution < -0.4 is 15.4 Å². The number of benzene rings is 2. The molecule has 2 rings (SSSR count). The van der Waals surface area contributed by atoms with E-state index in [1.54, 1.807) is 24.3 Å². The summed E-state index contributed by atoms with van der Waals surface area (Å²) in [7, 11) is 0. The van der Waals surface area contributed by atoms with Crippen LogP contribution in [0.15, 0.2) is 42.5 Å². The Labute approximate surface area is 144 Å². The Morgan fingerprint density at radius 3 is 2.46 bits per heavy atom. The highest BCUT2D eigenvalue weighted by Crippen LogP contribution is 2.26. The lowest BCUT2D eigenvalue weighted by Crippen LogP contribution is -2.20. The van der Waals surface area contributed by atoms with Crippen LogP contribution in [0, 0.1) is 0 Å². The van der Waals surface area contributed by atoms with Crippen molar-refractivity contribution < 1.29 is 19.4 Å². The smallest absolute Gasteiger partial charge is 0.335 e. The zero-order valence-electron chi connectivity index (χ0n) is 13.0. The molecular weight excluding hydrogens is 332 g/mol. The second-order valence-electron chi connectivity index (χ2n) is 4.95. The van der Waals surface area contributed by atoms with Crippen molar-refractivity contribution >= 4 is 35.0 Å².